The quantitative estimate of drug-likeness (QED) is 0.217. The Morgan fingerprint density at radius 1 is 1.29 bits per heavy atom. The lowest BCUT2D eigenvalue weighted by molar-refractivity contribution is 0.126. The summed E-state index contributed by atoms with van der Waals surface area (Å²) in [6, 6.07) is 0.348. The molecule has 3 unspecified atom stereocenters. The van der Waals surface area contributed by atoms with E-state index in [1.165, 1.54) is 5.57 Å². The maximum Gasteiger partial charge on any atom is 0.207 e. The summed E-state index contributed by atoms with van der Waals surface area (Å²) in [5, 5.41) is 3.34. The number of anilines is 2. The molecule has 0 radical (unpaired) electrons. The van der Waals surface area contributed by atoms with Gasteiger partial charge < -0.3 is 10.2 Å². The zero-order chi connectivity index (χ0) is 25.3. The first kappa shape index (κ1) is 26.6. The highest BCUT2D eigenvalue weighted by Crippen LogP contribution is 2.38. The largest absolute Gasteiger partial charge is 0.367 e. The first-order valence-corrected chi connectivity index (χ1v) is 13.7. The summed E-state index contributed by atoms with van der Waals surface area (Å²) in [4.78, 5) is 13.4. The highest BCUT2D eigenvalue weighted by Gasteiger charge is 2.37. The molecule has 1 saturated carbocycles. The molecule has 5 nitrogen and oxygen atoms in total. The number of likely N-dealkylation sites (tertiary alicyclic amines) is 1. The average molecular weight is 518 g/mol. The predicted octanol–water partition coefficient (Wildman–Crippen LogP) is 5.87. The van der Waals surface area contributed by atoms with Gasteiger partial charge in [0, 0.05) is 32.2 Å². The standard InChI is InChI=1S/C27H40FN5S2/c1-17(2)27(34,35)32-13-12-22(19(4)15-32)14-29-25-24(28)26(31-20(5)30-25)33(23-10-11-23)16-21-8-6-18(3)7-9-21/h6,8-9,18-19,22-23,34-35H,1,7,10-16H2,2-5H3,(H,29,30,31). The topological polar surface area (TPSA) is 44.3 Å². The van der Waals surface area contributed by atoms with Gasteiger partial charge in [0.1, 0.15) is 10.0 Å². The van der Waals surface area contributed by atoms with Crippen molar-refractivity contribution in [2.24, 2.45) is 17.8 Å². The van der Waals surface area contributed by atoms with Crippen molar-refractivity contribution in [2.45, 2.75) is 63.6 Å². The van der Waals surface area contributed by atoms with Crippen LogP contribution in [0.15, 0.2) is 36.0 Å². The summed E-state index contributed by atoms with van der Waals surface area (Å²) < 4.78 is 15.2. The maximum absolute atomic E-state index is 15.8. The van der Waals surface area contributed by atoms with E-state index in [0.717, 1.165) is 44.3 Å². The maximum atomic E-state index is 15.8. The molecule has 2 aliphatic carbocycles. The lowest BCUT2D eigenvalue weighted by atomic mass is 9.86. The monoisotopic (exact) mass is 517 g/mol. The fraction of sp³-hybridized carbons (Fsp3) is 0.630. The minimum atomic E-state index is -0.606. The van der Waals surface area contributed by atoms with Crippen LogP contribution in [0.3, 0.4) is 0 Å². The van der Waals surface area contributed by atoms with E-state index in [9.17, 15) is 0 Å². The normalized spacial score (nSPS) is 25.3. The van der Waals surface area contributed by atoms with Gasteiger partial charge in [0.2, 0.25) is 5.82 Å². The van der Waals surface area contributed by atoms with Gasteiger partial charge in [0.25, 0.3) is 0 Å². The molecule has 192 valence electrons. The predicted molar refractivity (Wildman–Crippen MR) is 151 cm³/mol. The Morgan fingerprint density at radius 3 is 2.63 bits per heavy atom. The molecule has 1 saturated heterocycles. The van der Waals surface area contributed by atoms with E-state index in [2.05, 4.69) is 63.7 Å². The number of rotatable bonds is 9. The Bertz CT molecular complexity index is 1000. The van der Waals surface area contributed by atoms with Crippen LogP contribution >= 0.6 is 25.3 Å². The van der Waals surface area contributed by atoms with Crippen LogP contribution < -0.4 is 10.2 Å². The Morgan fingerprint density at radius 2 is 2.03 bits per heavy atom. The molecular formula is C27H40FN5S2. The van der Waals surface area contributed by atoms with Crippen molar-refractivity contribution >= 4 is 36.9 Å². The summed E-state index contributed by atoms with van der Waals surface area (Å²) >= 11 is 9.46. The van der Waals surface area contributed by atoms with Gasteiger partial charge in [-0.3, -0.25) is 4.90 Å². The van der Waals surface area contributed by atoms with Crippen LogP contribution in [0.1, 0.15) is 52.3 Å². The van der Waals surface area contributed by atoms with Crippen LogP contribution in [0.4, 0.5) is 16.0 Å². The number of allylic oxidation sites excluding steroid dienone is 2. The van der Waals surface area contributed by atoms with Gasteiger partial charge in [-0.25, -0.2) is 9.97 Å². The zero-order valence-electron chi connectivity index (χ0n) is 21.5. The van der Waals surface area contributed by atoms with E-state index in [1.54, 1.807) is 0 Å². The van der Waals surface area contributed by atoms with Crippen molar-refractivity contribution in [2.75, 3.05) is 36.4 Å². The molecule has 8 heteroatoms. The molecule has 0 aromatic carbocycles. The summed E-state index contributed by atoms with van der Waals surface area (Å²) in [5.74, 6) is 2.38. The van der Waals surface area contributed by atoms with Crippen molar-refractivity contribution in [1.82, 2.24) is 14.9 Å². The Hall–Kier alpha value is -1.51. The second-order valence-corrected chi connectivity index (χ2v) is 12.4. The third-order valence-electron chi connectivity index (χ3n) is 7.58. The highest BCUT2D eigenvalue weighted by molar-refractivity contribution is 8.00. The van der Waals surface area contributed by atoms with Gasteiger partial charge in [-0.15, -0.1) is 25.3 Å². The molecule has 1 aromatic heterocycles. The number of hydrogen-bond acceptors (Lipinski definition) is 7. The Kier molecular flexibility index (Phi) is 8.23. The molecule has 0 amide bonds. The van der Waals surface area contributed by atoms with E-state index in [1.807, 2.05) is 13.8 Å². The molecule has 3 aliphatic rings. The van der Waals surface area contributed by atoms with Crippen LogP contribution in [-0.4, -0.2) is 51.3 Å². The van der Waals surface area contributed by atoms with E-state index < -0.39 is 4.20 Å². The number of aromatic nitrogens is 2. The second kappa shape index (κ2) is 10.9. The van der Waals surface area contributed by atoms with Gasteiger partial charge in [-0.1, -0.05) is 38.7 Å². The number of nitrogens with zero attached hydrogens (tertiary/aromatic N) is 4. The van der Waals surface area contributed by atoms with Crippen molar-refractivity contribution in [3.63, 3.8) is 0 Å². The van der Waals surface area contributed by atoms with Gasteiger partial charge in [0.05, 0.1) is 0 Å². The Labute approximate surface area is 221 Å². The fourth-order valence-electron chi connectivity index (χ4n) is 4.98. The van der Waals surface area contributed by atoms with Crippen molar-refractivity contribution in [3.05, 3.63) is 47.6 Å². The van der Waals surface area contributed by atoms with E-state index >= 15 is 4.39 Å². The molecule has 2 fully saturated rings. The van der Waals surface area contributed by atoms with Crippen LogP contribution in [0, 0.1) is 30.5 Å². The smallest absolute Gasteiger partial charge is 0.207 e. The number of hydrogen-bond donors (Lipinski definition) is 3. The average Bonchev–Trinajstić information content (AvgIpc) is 3.65. The van der Waals surface area contributed by atoms with E-state index in [4.69, 9.17) is 25.3 Å². The number of halogens is 1. The summed E-state index contributed by atoms with van der Waals surface area (Å²) in [6.07, 6.45) is 10.9. The van der Waals surface area contributed by atoms with Gasteiger partial charge >= 0.3 is 0 Å². The summed E-state index contributed by atoms with van der Waals surface area (Å²) in [7, 11) is 0. The van der Waals surface area contributed by atoms with Gasteiger partial charge in [-0.05, 0) is 68.4 Å². The lowest BCUT2D eigenvalue weighted by Gasteiger charge is -2.44. The van der Waals surface area contributed by atoms with Crippen LogP contribution in [0.2, 0.25) is 0 Å². The summed E-state index contributed by atoms with van der Waals surface area (Å²) in [6.45, 7) is 15.4. The molecule has 1 aromatic rings. The van der Waals surface area contributed by atoms with Crippen LogP contribution in [-0.2, 0) is 0 Å². The van der Waals surface area contributed by atoms with Crippen LogP contribution in [0.5, 0.6) is 0 Å². The number of thiol groups is 2. The van der Waals surface area contributed by atoms with E-state index in [-0.39, 0.29) is 5.82 Å². The fourth-order valence-corrected chi connectivity index (χ4v) is 5.34. The molecule has 35 heavy (non-hydrogen) atoms. The molecule has 1 aliphatic heterocycles. The molecule has 4 rings (SSSR count). The molecular weight excluding hydrogens is 477 g/mol. The van der Waals surface area contributed by atoms with E-state index in [0.29, 0.717) is 54.3 Å². The van der Waals surface area contributed by atoms with Gasteiger partial charge in [0.15, 0.2) is 11.6 Å². The SMILES string of the molecule is C=C(C)C(S)(S)N1CCC(CNc2nc(C)nc(N(CC3=CCC(C)C=C3)C3CC3)c2F)C(C)C1. The molecule has 2 heterocycles. The number of piperidine rings is 1. The molecule has 0 bridgehead atoms. The third-order valence-corrected chi connectivity index (χ3v) is 8.91. The van der Waals surface area contributed by atoms with Crippen molar-refractivity contribution in [1.29, 1.82) is 0 Å². The molecule has 3 atom stereocenters. The highest BCUT2D eigenvalue weighted by atomic mass is 32.2. The Balaban J connectivity index is 1.44. The minimum absolute atomic E-state index is 0.314. The van der Waals surface area contributed by atoms with Crippen molar-refractivity contribution < 1.29 is 4.39 Å². The second-order valence-electron chi connectivity index (χ2n) is 10.7. The third kappa shape index (κ3) is 6.25. The van der Waals surface area contributed by atoms with Crippen molar-refractivity contribution in [3.8, 4) is 0 Å². The molecule has 1 N–H and O–H groups in total. The first-order chi connectivity index (χ1) is 16.6. The number of aryl methyl sites for hydroxylation is 1. The molecule has 0 spiro atoms. The van der Waals surface area contributed by atoms with Crippen LogP contribution in [0.25, 0.3) is 0 Å². The summed E-state index contributed by atoms with van der Waals surface area (Å²) in [5.41, 5.74) is 2.16. The lowest BCUT2D eigenvalue weighted by Crippen LogP contribution is -2.49. The van der Waals surface area contributed by atoms with Gasteiger partial charge in [-0.2, -0.15) is 4.39 Å². The number of nitrogens with one attached hydrogen (secondary N) is 1. The zero-order valence-corrected chi connectivity index (χ0v) is 23.3. The first-order valence-electron chi connectivity index (χ1n) is 12.8. The minimum Gasteiger partial charge on any atom is -0.367 e.